The first-order valence-corrected chi connectivity index (χ1v) is 9.40. The summed E-state index contributed by atoms with van der Waals surface area (Å²) in [6.45, 7) is 4.36. The Morgan fingerprint density at radius 1 is 1.24 bits per heavy atom. The molecule has 4 heteroatoms. The molecule has 2 aromatic rings. The number of rotatable bonds is 8. The van der Waals surface area contributed by atoms with Crippen LogP contribution in [0.2, 0.25) is 5.02 Å². The van der Waals surface area contributed by atoms with Gasteiger partial charge < -0.3 is 5.32 Å². The molecular formula is C17H21BrClNS. The fourth-order valence-electron chi connectivity index (χ4n) is 2.40. The van der Waals surface area contributed by atoms with Crippen LogP contribution in [0.5, 0.6) is 0 Å². The summed E-state index contributed by atoms with van der Waals surface area (Å²) in [6.07, 6.45) is 3.39. The maximum atomic E-state index is 5.97. The molecule has 0 saturated heterocycles. The molecule has 0 radical (unpaired) electrons. The van der Waals surface area contributed by atoms with Crippen molar-refractivity contribution in [3.8, 4) is 0 Å². The largest absolute Gasteiger partial charge is 0.316 e. The normalized spacial score (nSPS) is 12.5. The fourth-order valence-corrected chi connectivity index (χ4v) is 4.09. The molecule has 0 saturated carbocycles. The average molecular weight is 387 g/mol. The lowest BCUT2D eigenvalue weighted by Gasteiger charge is -2.17. The predicted molar refractivity (Wildman–Crippen MR) is 97.5 cm³/mol. The van der Waals surface area contributed by atoms with E-state index in [1.165, 1.54) is 21.3 Å². The zero-order valence-corrected chi connectivity index (χ0v) is 15.4. The first kappa shape index (κ1) is 17.0. The van der Waals surface area contributed by atoms with Crippen molar-refractivity contribution < 1.29 is 0 Å². The van der Waals surface area contributed by atoms with Crippen LogP contribution in [0.3, 0.4) is 0 Å². The van der Waals surface area contributed by atoms with Crippen molar-refractivity contribution in [3.63, 3.8) is 0 Å². The summed E-state index contributed by atoms with van der Waals surface area (Å²) in [5, 5.41) is 6.53. The predicted octanol–water partition coefficient (Wildman–Crippen LogP) is 5.57. The number of thiophene rings is 1. The molecule has 2 rings (SSSR count). The van der Waals surface area contributed by atoms with E-state index >= 15 is 0 Å². The minimum absolute atomic E-state index is 0.614. The minimum Gasteiger partial charge on any atom is -0.316 e. The summed E-state index contributed by atoms with van der Waals surface area (Å²) >= 11 is 11.3. The second-order valence-corrected chi connectivity index (χ2v) is 7.68. The molecule has 1 heterocycles. The highest BCUT2D eigenvalue weighted by Crippen LogP contribution is 2.24. The lowest BCUT2D eigenvalue weighted by Crippen LogP contribution is -2.26. The van der Waals surface area contributed by atoms with Crippen LogP contribution in [0.1, 0.15) is 23.8 Å². The molecule has 0 aliphatic carbocycles. The summed E-state index contributed by atoms with van der Waals surface area (Å²) in [5.41, 5.74) is 1.36. The molecule has 1 N–H and O–H groups in total. The Hall–Kier alpha value is -0.350. The minimum atomic E-state index is 0.614. The highest BCUT2D eigenvalue weighted by Gasteiger charge is 2.12. The lowest BCUT2D eigenvalue weighted by molar-refractivity contribution is 0.473. The highest BCUT2D eigenvalue weighted by atomic mass is 79.9. The molecule has 0 aliphatic heterocycles. The number of halogens is 2. The van der Waals surface area contributed by atoms with Crippen molar-refractivity contribution in [1.29, 1.82) is 0 Å². The van der Waals surface area contributed by atoms with Gasteiger partial charge in [0.15, 0.2) is 0 Å². The molecule has 1 atom stereocenters. The molecule has 1 aromatic carbocycles. The average Bonchev–Trinajstić information content (AvgIpc) is 2.87. The topological polar surface area (TPSA) is 12.0 Å². The van der Waals surface area contributed by atoms with E-state index in [0.29, 0.717) is 5.92 Å². The van der Waals surface area contributed by atoms with Gasteiger partial charge in [0.05, 0.1) is 0 Å². The molecule has 1 nitrogen and oxygen atoms in total. The van der Waals surface area contributed by atoms with Crippen molar-refractivity contribution in [2.45, 2.75) is 26.2 Å². The van der Waals surface area contributed by atoms with Crippen molar-refractivity contribution in [2.75, 3.05) is 13.1 Å². The van der Waals surface area contributed by atoms with Gasteiger partial charge >= 0.3 is 0 Å². The van der Waals surface area contributed by atoms with Crippen LogP contribution >= 0.6 is 38.9 Å². The van der Waals surface area contributed by atoms with Crippen molar-refractivity contribution in [3.05, 3.63) is 55.6 Å². The van der Waals surface area contributed by atoms with Gasteiger partial charge in [-0.1, -0.05) is 30.7 Å². The molecule has 1 unspecified atom stereocenters. The van der Waals surface area contributed by atoms with E-state index in [9.17, 15) is 0 Å². The second kappa shape index (κ2) is 8.94. The van der Waals surface area contributed by atoms with Gasteiger partial charge in [-0.05, 0) is 78.0 Å². The second-order valence-electron chi connectivity index (χ2n) is 5.34. The Morgan fingerprint density at radius 2 is 2.00 bits per heavy atom. The summed E-state index contributed by atoms with van der Waals surface area (Å²) < 4.78 is 1.19. The summed E-state index contributed by atoms with van der Waals surface area (Å²) in [4.78, 5) is 1.44. The monoisotopic (exact) mass is 385 g/mol. The van der Waals surface area contributed by atoms with Crippen molar-refractivity contribution in [2.24, 2.45) is 5.92 Å². The van der Waals surface area contributed by atoms with Crippen LogP contribution in [0.25, 0.3) is 0 Å². The van der Waals surface area contributed by atoms with Gasteiger partial charge in [-0.25, -0.2) is 0 Å². The van der Waals surface area contributed by atoms with Crippen LogP contribution in [0.4, 0.5) is 0 Å². The third-order valence-electron chi connectivity index (χ3n) is 3.41. The molecular weight excluding hydrogens is 366 g/mol. The standard InChI is InChI=1S/C17H21BrClNS/c1-2-7-20-11-14(9-17-10-15(18)12-21-17)8-13-3-5-16(19)6-4-13/h3-6,10,12,14,20H,2,7-9,11H2,1H3. The van der Waals surface area contributed by atoms with E-state index < -0.39 is 0 Å². The number of nitrogens with one attached hydrogen (secondary N) is 1. The Bertz CT molecular complexity index is 538. The Balaban J connectivity index is 1.98. The van der Waals surface area contributed by atoms with E-state index in [0.717, 1.165) is 31.0 Å². The number of hydrogen-bond acceptors (Lipinski definition) is 2. The Morgan fingerprint density at radius 3 is 2.62 bits per heavy atom. The molecule has 0 spiro atoms. The third-order valence-corrected chi connectivity index (χ3v) is 5.38. The van der Waals surface area contributed by atoms with Gasteiger partial charge in [-0.3, -0.25) is 0 Å². The van der Waals surface area contributed by atoms with Crippen molar-refractivity contribution >= 4 is 38.9 Å². The van der Waals surface area contributed by atoms with Crippen LogP contribution in [-0.2, 0) is 12.8 Å². The molecule has 1 aromatic heterocycles. The van der Waals surface area contributed by atoms with E-state index in [-0.39, 0.29) is 0 Å². The van der Waals surface area contributed by atoms with E-state index in [1.807, 2.05) is 23.5 Å². The van der Waals surface area contributed by atoms with Crippen LogP contribution in [0.15, 0.2) is 40.2 Å². The van der Waals surface area contributed by atoms with E-state index in [2.05, 4.69) is 51.7 Å². The van der Waals surface area contributed by atoms with Crippen LogP contribution in [-0.4, -0.2) is 13.1 Å². The SMILES string of the molecule is CCCNCC(Cc1ccc(Cl)cc1)Cc1cc(Br)cs1. The summed E-state index contributed by atoms with van der Waals surface area (Å²) in [5.74, 6) is 0.614. The number of hydrogen-bond donors (Lipinski definition) is 1. The quantitative estimate of drug-likeness (QED) is 0.585. The smallest absolute Gasteiger partial charge is 0.0406 e. The van der Waals surface area contributed by atoms with Gasteiger partial charge in [0, 0.05) is 19.8 Å². The van der Waals surface area contributed by atoms with E-state index in [1.54, 1.807) is 0 Å². The Labute approximate surface area is 144 Å². The van der Waals surface area contributed by atoms with Gasteiger partial charge in [0.25, 0.3) is 0 Å². The molecule has 0 bridgehead atoms. The summed E-state index contributed by atoms with van der Waals surface area (Å²) in [6, 6.07) is 10.5. The summed E-state index contributed by atoms with van der Waals surface area (Å²) in [7, 11) is 0. The first-order chi connectivity index (χ1) is 10.2. The molecule has 0 fully saturated rings. The molecule has 0 aliphatic rings. The van der Waals surface area contributed by atoms with E-state index in [4.69, 9.17) is 11.6 Å². The van der Waals surface area contributed by atoms with Crippen LogP contribution in [0, 0.1) is 5.92 Å². The van der Waals surface area contributed by atoms with Gasteiger partial charge in [-0.2, -0.15) is 0 Å². The van der Waals surface area contributed by atoms with Crippen LogP contribution < -0.4 is 5.32 Å². The molecule has 0 amide bonds. The highest BCUT2D eigenvalue weighted by molar-refractivity contribution is 9.10. The zero-order chi connectivity index (χ0) is 15.1. The van der Waals surface area contributed by atoms with Gasteiger partial charge in [0.2, 0.25) is 0 Å². The third kappa shape index (κ3) is 6.11. The number of benzene rings is 1. The molecule has 21 heavy (non-hydrogen) atoms. The van der Waals surface area contributed by atoms with Gasteiger partial charge in [0.1, 0.15) is 0 Å². The van der Waals surface area contributed by atoms with Gasteiger partial charge in [-0.15, -0.1) is 11.3 Å². The fraction of sp³-hybridized carbons (Fsp3) is 0.412. The lowest BCUT2D eigenvalue weighted by atomic mass is 9.95. The molecule has 114 valence electrons. The maximum absolute atomic E-state index is 5.97. The van der Waals surface area contributed by atoms with Crippen molar-refractivity contribution in [1.82, 2.24) is 5.32 Å². The zero-order valence-electron chi connectivity index (χ0n) is 12.2. The Kier molecular flexibility index (Phi) is 7.24. The maximum Gasteiger partial charge on any atom is 0.0406 e. The first-order valence-electron chi connectivity index (χ1n) is 7.35.